The number of benzene rings is 1. The Kier molecular flexibility index (Phi) is 9.25. The van der Waals surface area contributed by atoms with E-state index in [1.165, 1.54) is 19.2 Å². The lowest BCUT2D eigenvalue weighted by atomic mass is 10.0. The second-order valence-corrected chi connectivity index (χ2v) is 8.83. The predicted octanol–water partition coefficient (Wildman–Crippen LogP) is 2.86. The molecule has 0 aliphatic carbocycles. The van der Waals surface area contributed by atoms with Crippen molar-refractivity contribution in [2.24, 2.45) is 5.92 Å². The zero-order valence-corrected chi connectivity index (χ0v) is 17.3. The van der Waals surface area contributed by atoms with Crippen molar-refractivity contribution >= 4 is 15.9 Å². The largest absolute Gasteiger partial charge is 0.383 e. The summed E-state index contributed by atoms with van der Waals surface area (Å²) >= 11 is 0. The van der Waals surface area contributed by atoms with Gasteiger partial charge >= 0.3 is 0 Å². The van der Waals surface area contributed by atoms with Crippen LogP contribution in [-0.2, 0) is 14.8 Å². The normalized spacial score (nSPS) is 13.0. The van der Waals surface area contributed by atoms with Crippen molar-refractivity contribution in [1.82, 2.24) is 10.0 Å². The van der Waals surface area contributed by atoms with Crippen LogP contribution in [0.3, 0.4) is 0 Å². The quantitative estimate of drug-likeness (QED) is 0.575. The van der Waals surface area contributed by atoms with E-state index in [0.29, 0.717) is 11.5 Å². The molecule has 0 spiro atoms. The number of hydrogen-bond donors (Lipinski definition) is 2. The molecule has 1 atom stereocenters. The maximum Gasteiger partial charge on any atom is 0.251 e. The van der Waals surface area contributed by atoms with Gasteiger partial charge in [-0.2, -0.15) is 0 Å². The molecule has 148 valence electrons. The van der Waals surface area contributed by atoms with E-state index in [1.54, 1.807) is 13.0 Å². The number of methoxy groups -OCH3 is 1. The van der Waals surface area contributed by atoms with Crippen LogP contribution in [0.25, 0.3) is 0 Å². The number of carbonyl (C=O) groups excluding carboxylic acids is 1. The summed E-state index contributed by atoms with van der Waals surface area (Å²) in [5, 5.41) is 2.97. The molecule has 0 aliphatic heterocycles. The number of aryl methyl sites for hydroxylation is 1. The molecule has 1 amide bonds. The molecule has 0 saturated heterocycles. The van der Waals surface area contributed by atoms with Crippen LogP contribution in [0.15, 0.2) is 23.1 Å². The summed E-state index contributed by atoms with van der Waals surface area (Å²) in [6.45, 7) is 8.60. The first-order valence-corrected chi connectivity index (χ1v) is 10.6. The van der Waals surface area contributed by atoms with Gasteiger partial charge in [-0.05, 0) is 43.9 Å². The van der Waals surface area contributed by atoms with Gasteiger partial charge in [0, 0.05) is 25.3 Å². The minimum Gasteiger partial charge on any atom is -0.383 e. The van der Waals surface area contributed by atoms with E-state index in [0.717, 1.165) is 24.8 Å². The van der Waals surface area contributed by atoms with Crippen molar-refractivity contribution in [1.29, 1.82) is 0 Å². The monoisotopic (exact) mass is 384 g/mol. The fourth-order valence-electron chi connectivity index (χ4n) is 2.58. The van der Waals surface area contributed by atoms with Gasteiger partial charge in [-0.1, -0.05) is 32.8 Å². The van der Waals surface area contributed by atoms with Crippen LogP contribution in [0.2, 0.25) is 0 Å². The summed E-state index contributed by atoms with van der Waals surface area (Å²) < 4.78 is 32.0. The topological polar surface area (TPSA) is 84.5 Å². The molecule has 0 heterocycles. The highest BCUT2D eigenvalue weighted by molar-refractivity contribution is 7.89. The van der Waals surface area contributed by atoms with E-state index in [-0.39, 0.29) is 30.0 Å². The summed E-state index contributed by atoms with van der Waals surface area (Å²) in [5.74, 6) is 0.404. The SMILES string of the molecule is COCCNS(=O)(=O)c1ccc(C)c(C(=O)NC(C)CCCC(C)C)c1. The molecule has 1 rings (SSSR count). The van der Waals surface area contributed by atoms with Crippen LogP contribution >= 0.6 is 0 Å². The summed E-state index contributed by atoms with van der Waals surface area (Å²) in [4.78, 5) is 12.6. The molecule has 1 aromatic rings. The fraction of sp³-hybridized carbons (Fsp3) is 0.632. The Bertz CT molecular complexity index is 687. The van der Waals surface area contributed by atoms with Crippen LogP contribution in [0.4, 0.5) is 0 Å². The van der Waals surface area contributed by atoms with Gasteiger partial charge in [0.15, 0.2) is 0 Å². The second kappa shape index (κ2) is 10.6. The lowest BCUT2D eigenvalue weighted by Crippen LogP contribution is -2.33. The van der Waals surface area contributed by atoms with E-state index in [4.69, 9.17) is 4.74 Å². The average molecular weight is 385 g/mol. The Morgan fingerprint density at radius 2 is 1.88 bits per heavy atom. The van der Waals surface area contributed by atoms with Gasteiger partial charge < -0.3 is 10.1 Å². The van der Waals surface area contributed by atoms with Gasteiger partial charge in [0.05, 0.1) is 11.5 Å². The minimum absolute atomic E-state index is 0.0424. The molecular formula is C19H32N2O4S. The molecule has 6 nitrogen and oxygen atoms in total. The van der Waals surface area contributed by atoms with Crippen molar-refractivity contribution in [3.8, 4) is 0 Å². The number of carbonyl (C=O) groups is 1. The van der Waals surface area contributed by atoms with Crippen LogP contribution in [-0.4, -0.2) is 40.6 Å². The van der Waals surface area contributed by atoms with Gasteiger partial charge in [0.2, 0.25) is 10.0 Å². The van der Waals surface area contributed by atoms with E-state index >= 15 is 0 Å². The van der Waals surface area contributed by atoms with Crippen LogP contribution in [0.1, 0.15) is 56.0 Å². The van der Waals surface area contributed by atoms with Gasteiger partial charge in [-0.15, -0.1) is 0 Å². The Balaban J connectivity index is 2.81. The van der Waals surface area contributed by atoms with E-state index < -0.39 is 10.0 Å². The standard InChI is InChI=1S/C19H32N2O4S/c1-14(2)7-6-8-16(4)21-19(22)18-13-17(10-9-15(18)3)26(23,24)20-11-12-25-5/h9-10,13-14,16,20H,6-8,11-12H2,1-5H3,(H,21,22). The first-order valence-electron chi connectivity index (χ1n) is 9.07. The van der Waals surface area contributed by atoms with E-state index in [2.05, 4.69) is 23.9 Å². The van der Waals surface area contributed by atoms with Crippen molar-refractivity contribution in [3.63, 3.8) is 0 Å². The smallest absolute Gasteiger partial charge is 0.251 e. The van der Waals surface area contributed by atoms with Crippen LogP contribution in [0.5, 0.6) is 0 Å². The van der Waals surface area contributed by atoms with Crippen molar-refractivity contribution in [2.45, 2.75) is 57.9 Å². The van der Waals surface area contributed by atoms with Crippen molar-refractivity contribution in [2.75, 3.05) is 20.3 Å². The van der Waals surface area contributed by atoms with Gasteiger partial charge in [0.1, 0.15) is 0 Å². The molecule has 1 aromatic carbocycles. The second-order valence-electron chi connectivity index (χ2n) is 7.07. The average Bonchev–Trinajstić information content (AvgIpc) is 2.54. The summed E-state index contributed by atoms with van der Waals surface area (Å²) in [7, 11) is -2.16. The molecule has 0 radical (unpaired) electrons. The molecule has 0 aliphatic rings. The lowest BCUT2D eigenvalue weighted by Gasteiger charge is -2.16. The highest BCUT2D eigenvalue weighted by Gasteiger charge is 2.18. The Labute approximate surface area is 157 Å². The van der Waals surface area contributed by atoms with Gasteiger partial charge in [0.25, 0.3) is 5.91 Å². The Morgan fingerprint density at radius 1 is 1.19 bits per heavy atom. The number of hydrogen-bond acceptors (Lipinski definition) is 4. The maximum absolute atomic E-state index is 12.6. The van der Waals surface area contributed by atoms with Crippen LogP contribution in [0, 0.1) is 12.8 Å². The molecular weight excluding hydrogens is 352 g/mol. The highest BCUT2D eigenvalue weighted by Crippen LogP contribution is 2.16. The third kappa shape index (κ3) is 7.43. The number of amides is 1. The Hall–Kier alpha value is -1.44. The number of ether oxygens (including phenoxy) is 1. The summed E-state index contributed by atoms with van der Waals surface area (Å²) in [5.41, 5.74) is 1.13. The first-order chi connectivity index (χ1) is 12.2. The molecule has 0 fully saturated rings. The molecule has 0 saturated carbocycles. The zero-order chi connectivity index (χ0) is 19.7. The maximum atomic E-state index is 12.6. The molecule has 26 heavy (non-hydrogen) atoms. The predicted molar refractivity (Wildman–Crippen MR) is 104 cm³/mol. The molecule has 0 aromatic heterocycles. The van der Waals surface area contributed by atoms with Crippen molar-refractivity contribution < 1.29 is 17.9 Å². The third-order valence-electron chi connectivity index (χ3n) is 4.16. The third-order valence-corrected chi connectivity index (χ3v) is 5.62. The lowest BCUT2D eigenvalue weighted by molar-refractivity contribution is 0.0937. The summed E-state index contributed by atoms with van der Waals surface area (Å²) in [6.07, 6.45) is 3.08. The number of rotatable bonds is 11. The highest BCUT2D eigenvalue weighted by atomic mass is 32.2. The summed E-state index contributed by atoms with van der Waals surface area (Å²) in [6, 6.07) is 4.64. The van der Waals surface area contributed by atoms with E-state index in [9.17, 15) is 13.2 Å². The zero-order valence-electron chi connectivity index (χ0n) is 16.5. The fourth-order valence-corrected chi connectivity index (χ4v) is 3.62. The Morgan fingerprint density at radius 3 is 2.50 bits per heavy atom. The number of nitrogens with one attached hydrogen (secondary N) is 2. The minimum atomic E-state index is -3.67. The molecule has 0 bridgehead atoms. The molecule has 2 N–H and O–H groups in total. The van der Waals surface area contributed by atoms with Crippen LogP contribution < -0.4 is 10.0 Å². The molecule has 1 unspecified atom stereocenters. The van der Waals surface area contributed by atoms with Gasteiger partial charge in [-0.3, -0.25) is 4.79 Å². The van der Waals surface area contributed by atoms with Crippen molar-refractivity contribution in [3.05, 3.63) is 29.3 Å². The number of sulfonamides is 1. The van der Waals surface area contributed by atoms with E-state index in [1.807, 2.05) is 6.92 Å². The first kappa shape index (κ1) is 22.6. The van der Waals surface area contributed by atoms with Gasteiger partial charge in [-0.25, -0.2) is 13.1 Å². The molecule has 7 heteroatoms.